The summed E-state index contributed by atoms with van der Waals surface area (Å²) >= 11 is 0. The fraction of sp³-hybridized carbons (Fsp3) is 1.00. The molecule has 136 valence electrons. The maximum absolute atomic E-state index is 9.69. The van der Waals surface area contributed by atoms with Crippen molar-refractivity contribution in [2.75, 3.05) is 13.2 Å². The van der Waals surface area contributed by atoms with Gasteiger partial charge in [0.25, 0.3) is 0 Å². The highest BCUT2D eigenvalue weighted by Gasteiger charge is 2.30. The molecule has 0 aliphatic heterocycles. The zero-order valence-corrected chi connectivity index (χ0v) is 15.9. The van der Waals surface area contributed by atoms with Crippen LogP contribution in [0, 0.1) is 22.7 Å². The number of hydrogen-bond donors (Lipinski definition) is 4. The Morgan fingerprint density at radius 2 is 1.23 bits per heavy atom. The van der Waals surface area contributed by atoms with Gasteiger partial charge in [-0.3, -0.25) is 0 Å². The van der Waals surface area contributed by atoms with Crippen molar-refractivity contribution in [1.82, 2.24) is 0 Å². The molecule has 4 heteroatoms. The van der Waals surface area contributed by atoms with Gasteiger partial charge in [-0.2, -0.15) is 0 Å². The van der Waals surface area contributed by atoms with Crippen LogP contribution in [0.3, 0.4) is 0 Å². The average molecular weight is 321 g/mol. The number of aliphatic hydroxyl groups is 4. The standard InChI is InChI=1S/2C9H20O2/c1-7(2)5-8(11)9(3,4)6-10;1-5-7(2)8(11)9(3,4)6-10/h2*7-8,10-11H,5-6H2,1-4H3. The van der Waals surface area contributed by atoms with Crippen LogP contribution in [0.2, 0.25) is 0 Å². The van der Waals surface area contributed by atoms with E-state index in [0.717, 1.165) is 12.8 Å². The monoisotopic (exact) mass is 320 g/mol. The van der Waals surface area contributed by atoms with Crippen LogP contribution in [0.25, 0.3) is 0 Å². The summed E-state index contributed by atoms with van der Waals surface area (Å²) in [6.07, 6.45) is 0.906. The van der Waals surface area contributed by atoms with Crippen LogP contribution in [0.4, 0.5) is 0 Å². The molecular formula is C18H40O4. The van der Waals surface area contributed by atoms with Gasteiger partial charge in [-0.25, -0.2) is 0 Å². The topological polar surface area (TPSA) is 80.9 Å². The summed E-state index contributed by atoms with van der Waals surface area (Å²) in [7, 11) is 0. The van der Waals surface area contributed by atoms with E-state index in [2.05, 4.69) is 13.8 Å². The van der Waals surface area contributed by atoms with Gasteiger partial charge in [0.2, 0.25) is 0 Å². The predicted molar refractivity (Wildman–Crippen MR) is 92.7 cm³/mol. The van der Waals surface area contributed by atoms with Crippen molar-refractivity contribution in [3.63, 3.8) is 0 Å². The molecule has 0 spiro atoms. The lowest BCUT2D eigenvalue weighted by Crippen LogP contribution is -2.37. The minimum absolute atomic E-state index is 0.0402. The SMILES string of the molecule is CC(C)CC(O)C(C)(C)CO.CCC(C)C(O)C(C)(C)CO. The molecule has 0 heterocycles. The van der Waals surface area contributed by atoms with E-state index in [1.54, 1.807) is 0 Å². The summed E-state index contributed by atoms with van der Waals surface area (Å²) in [6.45, 7) is 15.8. The van der Waals surface area contributed by atoms with Crippen LogP contribution in [0.1, 0.15) is 68.2 Å². The molecule has 0 bridgehead atoms. The molecule has 3 unspecified atom stereocenters. The van der Waals surface area contributed by atoms with Gasteiger partial charge in [-0.1, -0.05) is 61.8 Å². The van der Waals surface area contributed by atoms with Crippen LogP contribution < -0.4 is 0 Å². The van der Waals surface area contributed by atoms with Crippen LogP contribution in [-0.2, 0) is 0 Å². The van der Waals surface area contributed by atoms with E-state index >= 15 is 0 Å². The van der Waals surface area contributed by atoms with Gasteiger partial charge < -0.3 is 20.4 Å². The molecule has 0 rings (SSSR count). The maximum Gasteiger partial charge on any atom is 0.0638 e. The van der Waals surface area contributed by atoms with E-state index in [1.807, 2.05) is 41.5 Å². The zero-order chi connectivity index (χ0) is 18.1. The maximum atomic E-state index is 9.69. The molecule has 0 aliphatic rings. The quantitative estimate of drug-likeness (QED) is 0.554. The Kier molecular flexibility index (Phi) is 11.6. The van der Waals surface area contributed by atoms with Crippen molar-refractivity contribution in [3.05, 3.63) is 0 Å². The summed E-state index contributed by atoms with van der Waals surface area (Å²) in [6, 6.07) is 0. The molecule has 0 amide bonds. The molecule has 0 fully saturated rings. The van der Waals surface area contributed by atoms with Crippen LogP contribution >= 0.6 is 0 Å². The molecule has 0 aliphatic carbocycles. The second-order valence-electron chi connectivity index (χ2n) is 8.27. The van der Waals surface area contributed by atoms with Gasteiger partial charge in [-0.05, 0) is 18.3 Å². The van der Waals surface area contributed by atoms with Crippen LogP contribution in [0.5, 0.6) is 0 Å². The lowest BCUT2D eigenvalue weighted by Gasteiger charge is -2.32. The Morgan fingerprint density at radius 1 is 0.818 bits per heavy atom. The third-order valence-corrected chi connectivity index (χ3v) is 4.40. The number of aliphatic hydroxyl groups excluding tert-OH is 4. The minimum atomic E-state index is -0.405. The molecule has 22 heavy (non-hydrogen) atoms. The Balaban J connectivity index is 0. The second-order valence-corrected chi connectivity index (χ2v) is 8.27. The molecule has 0 aromatic heterocycles. The first-order chi connectivity index (χ1) is 9.85. The van der Waals surface area contributed by atoms with E-state index in [4.69, 9.17) is 10.2 Å². The average Bonchev–Trinajstić information content (AvgIpc) is 2.45. The highest BCUT2D eigenvalue weighted by molar-refractivity contribution is 4.80. The van der Waals surface area contributed by atoms with E-state index in [1.165, 1.54) is 0 Å². The largest absolute Gasteiger partial charge is 0.396 e. The first kappa shape index (κ1) is 24.1. The Labute approximate surface area is 137 Å². The fourth-order valence-corrected chi connectivity index (χ4v) is 1.96. The van der Waals surface area contributed by atoms with Crippen LogP contribution in [-0.4, -0.2) is 45.8 Å². The summed E-state index contributed by atoms with van der Waals surface area (Å²) in [5, 5.41) is 37.1. The summed E-state index contributed by atoms with van der Waals surface area (Å²) in [4.78, 5) is 0. The van der Waals surface area contributed by atoms with Gasteiger partial charge in [0.1, 0.15) is 0 Å². The number of rotatable bonds is 8. The Bertz CT molecular complexity index is 274. The summed E-state index contributed by atoms with van der Waals surface area (Å²) in [5.74, 6) is 0.743. The van der Waals surface area contributed by atoms with Crippen molar-refractivity contribution in [2.45, 2.75) is 80.4 Å². The highest BCUT2D eigenvalue weighted by atomic mass is 16.3. The van der Waals surface area contributed by atoms with E-state index in [0.29, 0.717) is 5.92 Å². The lowest BCUT2D eigenvalue weighted by atomic mass is 9.80. The molecular weight excluding hydrogens is 280 g/mol. The van der Waals surface area contributed by atoms with Crippen molar-refractivity contribution in [3.8, 4) is 0 Å². The first-order valence-electron chi connectivity index (χ1n) is 8.43. The molecule has 3 atom stereocenters. The van der Waals surface area contributed by atoms with Gasteiger partial charge >= 0.3 is 0 Å². The molecule has 4 N–H and O–H groups in total. The minimum Gasteiger partial charge on any atom is -0.396 e. The Morgan fingerprint density at radius 3 is 1.50 bits per heavy atom. The lowest BCUT2D eigenvalue weighted by molar-refractivity contribution is -0.0259. The predicted octanol–water partition coefficient (Wildman–Crippen LogP) is 2.82. The molecule has 4 nitrogen and oxygen atoms in total. The van der Waals surface area contributed by atoms with Crippen molar-refractivity contribution in [2.24, 2.45) is 22.7 Å². The third-order valence-electron chi connectivity index (χ3n) is 4.40. The van der Waals surface area contributed by atoms with Gasteiger partial charge in [0, 0.05) is 10.8 Å². The van der Waals surface area contributed by atoms with E-state index in [-0.39, 0.29) is 30.0 Å². The molecule has 0 radical (unpaired) electrons. The van der Waals surface area contributed by atoms with Gasteiger partial charge in [0.15, 0.2) is 0 Å². The van der Waals surface area contributed by atoms with Gasteiger partial charge in [-0.15, -0.1) is 0 Å². The summed E-state index contributed by atoms with van der Waals surface area (Å²) < 4.78 is 0. The summed E-state index contributed by atoms with van der Waals surface area (Å²) in [5.41, 5.74) is -0.723. The van der Waals surface area contributed by atoms with E-state index in [9.17, 15) is 10.2 Å². The first-order valence-corrected chi connectivity index (χ1v) is 8.43. The second kappa shape index (κ2) is 10.6. The Hall–Kier alpha value is -0.160. The highest BCUT2D eigenvalue weighted by Crippen LogP contribution is 2.26. The van der Waals surface area contributed by atoms with Crippen molar-refractivity contribution in [1.29, 1.82) is 0 Å². The van der Waals surface area contributed by atoms with Gasteiger partial charge in [0.05, 0.1) is 25.4 Å². The van der Waals surface area contributed by atoms with E-state index < -0.39 is 12.2 Å². The molecule has 0 aromatic carbocycles. The zero-order valence-electron chi connectivity index (χ0n) is 15.9. The molecule has 0 aromatic rings. The van der Waals surface area contributed by atoms with Crippen molar-refractivity contribution < 1.29 is 20.4 Å². The smallest absolute Gasteiger partial charge is 0.0638 e. The van der Waals surface area contributed by atoms with Crippen LogP contribution in [0.15, 0.2) is 0 Å². The third kappa shape index (κ3) is 9.09. The normalized spacial score (nSPS) is 16.8. The fourth-order valence-electron chi connectivity index (χ4n) is 1.96. The van der Waals surface area contributed by atoms with Crippen molar-refractivity contribution >= 4 is 0 Å². The molecule has 0 saturated heterocycles. The number of hydrogen-bond acceptors (Lipinski definition) is 4. The molecule has 0 saturated carbocycles.